The van der Waals surface area contributed by atoms with Crippen molar-refractivity contribution in [2.24, 2.45) is 11.7 Å². The Balaban J connectivity index is 1.88. The minimum atomic E-state index is -0.408. The second-order valence-corrected chi connectivity index (χ2v) is 6.62. The van der Waals surface area contributed by atoms with Gasteiger partial charge in [0.25, 0.3) is 0 Å². The summed E-state index contributed by atoms with van der Waals surface area (Å²) in [5, 5.41) is 0. The van der Waals surface area contributed by atoms with Gasteiger partial charge in [-0.1, -0.05) is 6.92 Å². The van der Waals surface area contributed by atoms with Crippen LogP contribution in [-0.2, 0) is 28.1 Å². The summed E-state index contributed by atoms with van der Waals surface area (Å²) >= 11 is 1.92. The highest BCUT2D eigenvalue weighted by molar-refractivity contribution is 7.12. The first-order chi connectivity index (χ1) is 8.73. The summed E-state index contributed by atoms with van der Waals surface area (Å²) in [7, 11) is 0. The summed E-state index contributed by atoms with van der Waals surface area (Å²) in [5.74, 6) is 0.139. The molecule has 1 fully saturated rings. The lowest BCUT2D eigenvalue weighted by atomic mass is 9.92. The molecule has 1 aromatic heterocycles. The predicted octanol–water partition coefficient (Wildman–Crippen LogP) is 2.42. The molecule has 2 aliphatic rings. The molecule has 1 aliphatic carbocycles. The molecular weight excluding hydrogens is 246 g/mol. The summed E-state index contributed by atoms with van der Waals surface area (Å²) < 4.78 is 11.8. The van der Waals surface area contributed by atoms with Gasteiger partial charge in [0.2, 0.25) is 0 Å². The third-order valence-electron chi connectivity index (χ3n) is 3.89. The fourth-order valence-electron chi connectivity index (χ4n) is 2.89. The Hall–Kier alpha value is -0.420. The van der Waals surface area contributed by atoms with Gasteiger partial charge in [-0.2, -0.15) is 0 Å². The Morgan fingerprint density at radius 1 is 1.44 bits per heavy atom. The molecule has 100 valence electrons. The molecule has 0 aromatic carbocycles. The highest BCUT2D eigenvalue weighted by Gasteiger charge is 2.43. The van der Waals surface area contributed by atoms with Crippen molar-refractivity contribution >= 4 is 11.3 Å². The monoisotopic (exact) mass is 267 g/mol. The summed E-state index contributed by atoms with van der Waals surface area (Å²) in [4.78, 5) is 2.89. The number of ether oxygens (including phenoxy) is 2. The van der Waals surface area contributed by atoms with Crippen molar-refractivity contribution in [2.45, 2.75) is 38.4 Å². The van der Waals surface area contributed by atoms with Gasteiger partial charge in [-0.3, -0.25) is 0 Å². The first-order valence-corrected chi connectivity index (χ1v) is 7.65. The average molecular weight is 267 g/mol. The Morgan fingerprint density at radius 3 is 2.94 bits per heavy atom. The van der Waals surface area contributed by atoms with E-state index in [0.29, 0.717) is 5.92 Å². The molecule has 1 aliphatic heterocycles. The second-order valence-electron chi connectivity index (χ2n) is 5.40. The van der Waals surface area contributed by atoms with E-state index >= 15 is 0 Å². The quantitative estimate of drug-likeness (QED) is 0.914. The van der Waals surface area contributed by atoms with Crippen LogP contribution >= 0.6 is 11.3 Å². The lowest BCUT2D eigenvalue weighted by molar-refractivity contribution is -0.175. The highest BCUT2D eigenvalue weighted by Crippen LogP contribution is 2.45. The van der Waals surface area contributed by atoms with Crippen molar-refractivity contribution in [1.29, 1.82) is 0 Å². The third-order valence-corrected chi connectivity index (χ3v) is 5.10. The fraction of sp³-hybridized carbons (Fsp3) is 0.714. The molecule has 0 saturated carbocycles. The standard InChI is InChI=1S/C14H21NO2S/c1-10(9-15)7-11-8-12-13(18-11)3-2-4-14(12)16-5-6-17-14/h8,10H,2-7,9,15H2,1H3. The number of hydrogen-bond acceptors (Lipinski definition) is 4. The third kappa shape index (κ3) is 2.11. The molecule has 1 aromatic rings. The molecule has 4 heteroatoms. The molecule has 0 amide bonds. The van der Waals surface area contributed by atoms with Crippen molar-refractivity contribution in [2.75, 3.05) is 19.8 Å². The van der Waals surface area contributed by atoms with Crippen LogP contribution in [0.1, 0.15) is 35.1 Å². The molecule has 1 unspecified atom stereocenters. The molecule has 3 rings (SSSR count). The summed E-state index contributed by atoms with van der Waals surface area (Å²) in [6.45, 7) is 4.41. The second kappa shape index (κ2) is 4.93. The minimum Gasteiger partial charge on any atom is -0.343 e. The molecule has 1 atom stereocenters. The topological polar surface area (TPSA) is 44.5 Å². The Morgan fingerprint density at radius 2 is 2.22 bits per heavy atom. The van der Waals surface area contributed by atoms with Gasteiger partial charge in [0.05, 0.1) is 13.2 Å². The molecule has 3 nitrogen and oxygen atoms in total. The van der Waals surface area contributed by atoms with Crippen LogP contribution in [0.25, 0.3) is 0 Å². The van der Waals surface area contributed by atoms with E-state index in [1.165, 1.54) is 28.2 Å². The van der Waals surface area contributed by atoms with Crippen molar-refractivity contribution in [1.82, 2.24) is 0 Å². The Bertz CT molecular complexity index is 423. The maximum absolute atomic E-state index is 5.91. The van der Waals surface area contributed by atoms with E-state index in [1.807, 2.05) is 11.3 Å². The number of fused-ring (bicyclic) bond motifs is 2. The van der Waals surface area contributed by atoms with Gasteiger partial charge < -0.3 is 15.2 Å². The average Bonchev–Trinajstić information content (AvgIpc) is 2.97. The van der Waals surface area contributed by atoms with Gasteiger partial charge in [-0.05, 0) is 37.8 Å². The van der Waals surface area contributed by atoms with E-state index in [2.05, 4.69) is 13.0 Å². The normalized spacial score (nSPS) is 23.2. The molecule has 2 N–H and O–H groups in total. The van der Waals surface area contributed by atoms with Crippen molar-refractivity contribution in [3.8, 4) is 0 Å². The summed E-state index contributed by atoms with van der Waals surface area (Å²) in [5.41, 5.74) is 7.01. The molecule has 1 saturated heterocycles. The maximum atomic E-state index is 5.91. The van der Waals surface area contributed by atoms with Crippen LogP contribution in [0.3, 0.4) is 0 Å². The van der Waals surface area contributed by atoms with Gasteiger partial charge >= 0.3 is 0 Å². The Kier molecular flexibility index (Phi) is 3.45. The summed E-state index contributed by atoms with van der Waals surface area (Å²) in [6, 6.07) is 2.30. The van der Waals surface area contributed by atoms with E-state index in [1.54, 1.807) is 0 Å². The van der Waals surface area contributed by atoms with Gasteiger partial charge in [0.1, 0.15) is 0 Å². The van der Waals surface area contributed by atoms with Crippen LogP contribution in [-0.4, -0.2) is 19.8 Å². The molecule has 0 radical (unpaired) electrons. The minimum absolute atomic E-state index is 0.408. The SMILES string of the molecule is CC(CN)Cc1cc2c(s1)CCCC21OCCO1. The van der Waals surface area contributed by atoms with Gasteiger partial charge in [-0.25, -0.2) is 0 Å². The molecular formula is C14H21NO2S. The van der Waals surface area contributed by atoms with Gasteiger partial charge in [0, 0.05) is 21.7 Å². The lowest BCUT2D eigenvalue weighted by Crippen LogP contribution is -2.30. The van der Waals surface area contributed by atoms with E-state index in [4.69, 9.17) is 15.2 Å². The van der Waals surface area contributed by atoms with Crippen LogP contribution in [0.15, 0.2) is 6.07 Å². The lowest BCUT2D eigenvalue weighted by Gasteiger charge is -2.31. The van der Waals surface area contributed by atoms with Gasteiger partial charge in [-0.15, -0.1) is 11.3 Å². The van der Waals surface area contributed by atoms with E-state index in [0.717, 1.165) is 32.6 Å². The number of nitrogens with two attached hydrogens (primary N) is 1. The number of aryl methyl sites for hydroxylation is 1. The van der Waals surface area contributed by atoms with Crippen LogP contribution in [0, 0.1) is 5.92 Å². The summed E-state index contributed by atoms with van der Waals surface area (Å²) in [6.07, 6.45) is 4.41. The van der Waals surface area contributed by atoms with E-state index in [9.17, 15) is 0 Å². The van der Waals surface area contributed by atoms with Crippen molar-refractivity contribution in [3.63, 3.8) is 0 Å². The van der Waals surface area contributed by atoms with E-state index in [-0.39, 0.29) is 0 Å². The van der Waals surface area contributed by atoms with Crippen molar-refractivity contribution < 1.29 is 9.47 Å². The van der Waals surface area contributed by atoms with Crippen LogP contribution in [0.2, 0.25) is 0 Å². The molecule has 0 bridgehead atoms. The number of thiophene rings is 1. The first-order valence-electron chi connectivity index (χ1n) is 6.83. The van der Waals surface area contributed by atoms with Crippen LogP contribution < -0.4 is 5.73 Å². The number of hydrogen-bond donors (Lipinski definition) is 1. The van der Waals surface area contributed by atoms with Crippen molar-refractivity contribution in [3.05, 3.63) is 21.4 Å². The zero-order valence-electron chi connectivity index (χ0n) is 10.9. The van der Waals surface area contributed by atoms with Crippen LogP contribution in [0.5, 0.6) is 0 Å². The molecule has 18 heavy (non-hydrogen) atoms. The fourth-order valence-corrected chi connectivity index (χ4v) is 4.32. The van der Waals surface area contributed by atoms with E-state index < -0.39 is 5.79 Å². The van der Waals surface area contributed by atoms with Crippen LogP contribution in [0.4, 0.5) is 0 Å². The first kappa shape index (κ1) is 12.6. The Labute approximate surface area is 112 Å². The largest absolute Gasteiger partial charge is 0.343 e. The predicted molar refractivity (Wildman–Crippen MR) is 72.8 cm³/mol. The molecule has 1 spiro atoms. The highest BCUT2D eigenvalue weighted by atomic mass is 32.1. The number of rotatable bonds is 3. The zero-order chi connectivity index (χ0) is 12.6. The zero-order valence-corrected chi connectivity index (χ0v) is 11.7. The molecule has 2 heterocycles. The maximum Gasteiger partial charge on any atom is 0.196 e. The smallest absolute Gasteiger partial charge is 0.196 e. The van der Waals surface area contributed by atoms with Gasteiger partial charge in [0.15, 0.2) is 5.79 Å².